The highest BCUT2D eigenvalue weighted by atomic mass is 32.2. The van der Waals surface area contributed by atoms with Gasteiger partial charge in [0.25, 0.3) is 0 Å². The number of carbonyl (C=O) groups is 1. The van der Waals surface area contributed by atoms with Gasteiger partial charge in [-0.05, 0) is 60.9 Å². The third kappa shape index (κ3) is 5.91. The first kappa shape index (κ1) is 25.6. The minimum Gasteiger partial charge on any atom is -0.485 e. The van der Waals surface area contributed by atoms with Crippen LogP contribution in [0.2, 0.25) is 0 Å². The third-order valence-electron chi connectivity index (χ3n) is 5.71. The van der Waals surface area contributed by atoms with Gasteiger partial charge >= 0.3 is 0 Å². The maximum absolute atomic E-state index is 13.0. The van der Waals surface area contributed by atoms with Gasteiger partial charge in [0.05, 0.1) is 5.25 Å². The number of nitrogens with two attached hydrogens (primary N) is 1. The van der Waals surface area contributed by atoms with Crippen LogP contribution in [-0.4, -0.2) is 26.0 Å². The van der Waals surface area contributed by atoms with E-state index in [9.17, 15) is 4.79 Å². The molecule has 3 rings (SSSR count). The molecule has 1 aromatic heterocycles. The number of hydrogen-bond acceptors (Lipinski definition) is 6. The van der Waals surface area contributed by atoms with Crippen LogP contribution in [-0.2, 0) is 11.4 Å². The summed E-state index contributed by atoms with van der Waals surface area (Å²) in [5, 5.41) is 11.5. The first-order valence-corrected chi connectivity index (χ1v) is 12.5. The predicted molar refractivity (Wildman–Crippen MR) is 139 cm³/mol. The Morgan fingerprint density at radius 3 is 2.44 bits per heavy atom. The lowest BCUT2D eigenvalue weighted by Gasteiger charge is -2.18. The number of aryl methyl sites for hydroxylation is 2. The van der Waals surface area contributed by atoms with Gasteiger partial charge in [0.15, 0.2) is 5.82 Å². The molecule has 7 nitrogen and oxygen atoms in total. The van der Waals surface area contributed by atoms with E-state index < -0.39 is 5.25 Å². The van der Waals surface area contributed by atoms with Crippen LogP contribution in [0.3, 0.4) is 0 Å². The summed E-state index contributed by atoms with van der Waals surface area (Å²) in [5.41, 5.74) is 5.28. The fourth-order valence-corrected chi connectivity index (χ4v) is 4.44. The topological polar surface area (TPSA) is 95.1 Å². The first-order chi connectivity index (χ1) is 16.1. The molecule has 1 unspecified atom stereocenters. The van der Waals surface area contributed by atoms with Crippen LogP contribution in [0.4, 0.5) is 5.69 Å². The minimum absolute atomic E-state index is 0.108. The summed E-state index contributed by atoms with van der Waals surface area (Å²) in [7, 11) is 0. The highest BCUT2D eigenvalue weighted by Gasteiger charge is 2.22. The molecule has 0 fully saturated rings. The molecule has 1 atom stereocenters. The normalized spacial score (nSPS) is 12.3. The highest BCUT2D eigenvalue weighted by Crippen LogP contribution is 2.30. The molecule has 0 bridgehead atoms. The number of benzene rings is 2. The highest BCUT2D eigenvalue weighted by molar-refractivity contribution is 8.00. The SMILES string of the molecule is Cc1ccc(C(C)C)c(OCc2nnc(SC(C)C(=O)Nc3c(C)cccc3C(C)C)n2N)c1. The second-order valence-corrected chi connectivity index (χ2v) is 10.5. The molecule has 0 aliphatic heterocycles. The Hall–Kier alpha value is -3.00. The molecule has 0 saturated carbocycles. The molecule has 1 amide bonds. The van der Waals surface area contributed by atoms with E-state index >= 15 is 0 Å². The van der Waals surface area contributed by atoms with E-state index in [-0.39, 0.29) is 12.5 Å². The number of nitrogen functional groups attached to an aromatic ring is 1. The van der Waals surface area contributed by atoms with E-state index in [1.807, 2.05) is 45.0 Å². The lowest BCUT2D eigenvalue weighted by Crippen LogP contribution is -2.25. The molecule has 3 aromatic rings. The summed E-state index contributed by atoms with van der Waals surface area (Å²) in [6.07, 6.45) is 0. The summed E-state index contributed by atoms with van der Waals surface area (Å²) < 4.78 is 7.44. The summed E-state index contributed by atoms with van der Waals surface area (Å²) in [5.74, 6) is 8.08. The molecular formula is C26H35N5O2S. The van der Waals surface area contributed by atoms with E-state index in [0.29, 0.717) is 22.8 Å². The lowest BCUT2D eigenvalue weighted by atomic mass is 9.98. The number of anilines is 1. The molecule has 0 spiro atoms. The average Bonchev–Trinajstić information content (AvgIpc) is 3.12. The fourth-order valence-electron chi connectivity index (χ4n) is 3.65. The van der Waals surface area contributed by atoms with Crippen molar-refractivity contribution in [1.29, 1.82) is 0 Å². The standard InChI is InChI=1S/C26H35N5O2S/c1-15(2)20-12-11-17(5)13-22(20)33-14-23-29-30-26(31(23)27)34-19(7)25(32)28-24-18(6)9-8-10-21(24)16(3)4/h8-13,15-16,19H,14,27H2,1-7H3,(H,28,32). The predicted octanol–water partition coefficient (Wildman–Crippen LogP) is 5.55. The van der Waals surface area contributed by atoms with Gasteiger partial charge in [-0.25, -0.2) is 4.68 Å². The number of amides is 1. The van der Waals surface area contributed by atoms with Gasteiger partial charge in [-0.3, -0.25) is 4.79 Å². The molecule has 3 N–H and O–H groups in total. The fraction of sp³-hybridized carbons (Fsp3) is 0.423. The van der Waals surface area contributed by atoms with E-state index in [4.69, 9.17) is 10.6 Å². The van der Waals surface area contributed by atoms with E-state index in [0.717, 1.165) is 33.7 Å². The summed E-state index contributed by atoms with van der Waals surface area (Å²) in [6.45, 7) is 14.5. The molecule has 2 aromatic carbocycles. The van der Waals surface area contributed by atoms with Crippen molar-refractivity contribution >= 4 is 23.4 Å². The summed E-state index contributed by atoms with van der Waals surface area (Å²) >= 11 is 1.27. The minimum atomic E-state index is -0.413. The van der Waals surface area contributed by atoms with Crippen LogP contribution in [0.25, 0.3) is 0 Å². The first-order valence-electron chi connectivity index (χ1n) is 11.6. The van der Waals surface area contributed by atoms with Gasteiger partial charge in [-0.2, -0.15) is 0 Å². The maximum atomic E-state index is 13.0. The van der Waals surface area contributed by atoms with E-state index in [1.165, 1.54) is 16.4 Å². The van der Waals surface area contributed by atoms with Crippen LogP contribution >= 0.6 is 11.8 Å². The van der Waals surface area contributed by atoms with Gasteiger partial charge in [0.1, 0.15) is 12.4 Å². The van der Waals surface area contributed by atoms with Crippen LogP contribution in [0.1, 0.15) is 74.5 Å². The second-order valence-electron chi connectivity index (χ2n) is 9.20. The molecule has 0 radical (unpaired) electrons. The van der Waals surface area contributed by atoms with Gasteiger partial charge in [-0.1, -0.05) is 69.8 Å². The summed E-state index contributed by atoms with van der Waals surface area (Å²) in [6, 6.07) is 12.2. The largest absolute Gasteiger partial charge is 0.485 e. The maximum Gasteiger partial charge on any atom is 0.237 e. The van der Waals surface area contributed by atoms with Gasteiger partial charge in [0, 0.05) is 5.69 Å². The average molecular weight is 482 g/mol. The lowest BCUT2D eigenvalue weighted by molar-refractivity contribution is -0.115. The molecule has 0 saturated heterocycles. The molecule has 0 aliphatic carbocycles. The molecular weight excluding hydrogens is 446 g/mol. The van der Waals surface area contributed by atoms with Crippen molar-refractivity contribution < 1.29 is 9.53 Å². The number of aromatic nitrogens is 3. The Morgan fingerprint density at radius 2 is 1.76 bits per heavy atom. The van der Waals surface area contributed by atoms with Crippen molar-refractivity contribution in [3.8, 4) is 5.75 Å². The number of para-hydroxylation sites is 1. The zero-order chi connectivity index (χ0) is 25.0. The quantitative estimate of drug-likeness (QED) is 0.307. The Bertz CT molecular complexity index is 1160. The van der Waals surface area contributed by atoms with Crippen molar-refractivity contribution in [3.63, 3.8) is 0 Å². The van der Waals surface area contributed by atoms with Crippen LogP contribution in [0.5, 0.6) is 5.75 Å². The van der Waals surface area contributed by atoms with Crippen LogP contribution in [0.15, 0.2) is 41.6 Å². The van der Waals surface area contributed by atoms with Crippen molar-refractivity contribution in [3.05, 3.63) is 64.5 Å². The molecule has 0 aliphatic rings. The zero-order valence-corrected chi connectivity index (χ0v) is 21.9. The second kappa shape index (κ2) is 11.0. The Labute approximate surface area is 206 Å². The smallest absolute Gasteiger partial charge is 0.237 e. The number of thioether (sulfide) groups is 1. The van der Waals surface area contributed by atoms with Crippen molar-refractivity contribution in [2.75, 3.05) is 11.2 Å². The molecule has 182 valence electrons. The number of rotatable bonds is 9. The zero-order valence-electron chi connectivity index (χ0n) is 21.0. The van der Waals surface area contributed by atoms with E-state index in [2.05, 4.69) is 55.3 Å². The number of nitrogens with zero attached hydrogens (tertiary/aromatic N) is 3. The van der Waals surface area contributed by atoms with Crippen molar-refractivity contribution in [1.82, 2.24) is 14.9 Å². The molecule has 34 heavy (non-hydrogen) atoms. The number of ether oxygens (including phenoxy) is 1. The van der Waals surface area contributed by atoms with Gasteiger partial charge < -0.3 is 15.9 Å². The van der Waals surface area contributed by atoms with Crippen molar-refractivity contribution in [2.45, 2.75) is 77.3 Å². The van der Waals surface area contributed by atoms with Crippen molar-refractivity contribution in [2.24, 2.45) is 0 Å². The Kier molecular flexibility index (Phi) is 8.25. The van der Waals surface area contributed by atoms with Crippen LogP contribution in [0, 0.1) is 13.8 Å². The van der Waals surface area contributed by atoms with Gasteiger partial charge in [0.2, 0.25) is 11.1 Å². The Morgan fingerprint density at radius 1 is 1.06 bits per heavy atom. The number of carbonyl (C=O) groups excluding carboxylic acids is 1. The third-order valence-corrected chi connectivity index (χ3v) is 6.77. The monoisotopic (exact) mass is 481 g/mol. The molecule has 8 heteroatoms. The van der Waals surface area contributed by atoms with Crippen LogP contribution < -0.4 is 15.9 Å². The van der Waals surface area contributed by atoms with E-state index in [1.54, 1.807) is 0 Å². The summed E-state index contributed by atoms with van der Waals surface area (Å²) in [4.78, 5) is 13.0. The van der Waals surface area contributed by atoms with Gasteiger partial charge in [-0.15, -0.1) is 10.2 Å². The number of hydrogen-bond donors (Lipinski definition) is 2. The Balaban J connectivity index is 1.68. The molecule has 1 heterocycles. The number of nitrogens with one attached hydrogen (secondary N) is 1.